The molecule has 0 heterocycles. The molecule has 1 nitrogen and oxygen atoms in total. The van der Waals surface area contributed by atoms with E-state index < -0.39 is 0 Å². The first kappa shape index (κ1) is 32.0. The zero-order valence-corrected chi connectivity index (χ0v) is 31.7. The van der Waals surface area contributed by atoms with Crippen LogP contribution in [-0.4, -0.2) is 0 Å². The van der Waals surface area contributed by atoms with Crippen LogP contribution in [0.5, 0.6) is 0 Å². The highest BCUT2D eigenvalue weighted by Gasteiger charge is 2.37. The standard InChI is InChI=1S/C54H41N/c1-53(2)49-16-10-8-14-45(49)47-32-40(27-30-50(47)53)55(41-26-29-46-44-13-7-9-15-48(44)54(3,4)51(46)33-41)39-24-21-34(22-25-39)37-23-28-43-38(31-37)20-19-36-18-17-35-11-5-6-12-42(35)52(36)43/h5-33H,1-4H3. The van der Waals surface area contributed by atoms with Crippen LogP contribution in [0.4, 0.5) is 17.1 Å². The molecule has 0 N–H and O–H groups in total. The lowest BCUT2D eigenvalue weighted by atomic mass is 9.82. The van der Waals surface area contributed by atoms with Gasteiger partial charge < -0.3 is 4.90 Å². The van der Waals surface area contributed by atoms with Crippen LogP contribution in [0.2, 0.25) is 0 Å². The van der Waals surface area contributed by atoms with Crippen LogP contribution < -0.4 is 4.90 Å². The lowest BCUT2D eigenvalue weighted by Crippen LogP contribution is -2.17. The monoisotopic (exact) mass is 703 g/mol. The summed E-state index contributed by atoms with van der Waals surface area (Å²) in [5.74, 6) is 0. The Morgan fingerprint density at radius 3 is 1.64 bits per heavy atom. The molecule has 9 aromatic carbocycles. The Morgan fingerprint density at radius 1 is 0.327 bits per heavy atom. The smallest absolute Gasteiger partial charge is 0.0468 e. The maximum absolute atomic E-state index is 2.45. The van der Waals surface area contributed by atoms with E-state index in [9.17, 15) is 0 Å². The van der Waals surface area contributed by atoms with Crippen molar-refractivity contribution in [1.82, 2.24) is 0 Å². The summed E-state index contributed by atoms with van der Waals surface area (Å²) in [7, 11) is 0. The van der Waals surface area contributed by atoms with Crippen molar-refractivity contribution in [2.75, 3.05) is 4.90 Å². The predicted octanol–water partition coefficient (Wildman–Crippen LogP) is 14.9. The van der Waals surface area contributed by atoms with E-state index in [-0.39, 0.29) is 10.8 Å². The normalized spacial score (nSPS) is 14.5. The molecule has 262 valence electrons. The summed E-state index contributed by atoms with van der Waals surface area (Å²) in [6.45, 7) is 9.44. The van der Waals surface area contributed by atoms with Crippen molar-refractivity contribution in [3.63, 3.8) is 0 Å². The van der Waals surface area contributed by atoms with Crippen molar-refractivity contribution in [1.29, 1.82) is 0 Å². The summed E-state index contributed by atoms with van der Waals surface area (Å²) < 4.78 is 0. The average Bonchev–Trinajstić information content (AvgIpc) is 3.59. The molecule has 0 spiro atoms. The van der Waals surface area contributed by atoms with Crippen molar-refractivity contribution >= 4 is 49.4 Å². The fourth-order valence-corrected chi connectivity index (χ4v) is 9.94. The van der Waals surface area contributed by atoms with Crippen molar-refractivity contribution in [3.8, 4) is 33.4 Å². The summed E-state index contributed by atoms with van der Waals surface area (Å²) in [4.78, 5) is 2.45. The van der Waals surface area contributed by atoms with E-state index in [1.54, 1.807) is 0 Å². The quantitative estimate of drug-likeness (QED) is 0.165. The van der Waals surface area contributed by atoms with Crippen molar-refractivity contribution in [2.45, 2.75) is 38.5 Å². The molecule has 0 radical (unpaired) electrons. The molecule has 0 amide bonds. The van der Waals surface area contributed by atoms with Crippen LogP contribution in [-0.2, 0) is 10.8 Å². The summed E-state index contributed by atoms with van der Waals surface area (Å²) in [6.07, 6.45) is 0. The van der Waals surface area contributed by atoms with E-state index in [0.29, 0.717) is 0 Å². The largest absolute Gasteiger partial charge is 0.310 e. The van der Waals surface area contributed by atoms with Gasteiger partial charge >= 0.3 is 0 Å². The molecule has 9 aromatic rings. The molecular formula is C54H41N. The maximum atomic E-state index is 2.45. The lowest BCUT2D eigenvalue weighted by molar-refractivity contribution is 0.660. The zero-order valence-electron chi connectivity index (χ0n) is 31.7. The highest BCUT2D eigenvalue weighted by Crippen LogP contribution is 2.53. The predicted molar refractivity (Wildman–Crippen MR) is 234 cm³/mol. The van der Waals surface area contributed by atoms with Crippen LogP contribution in [0.25, 0.3) is 65.7 Å². The molecule has 0 aliphatic heterocycles. The Hall–Kier alpha value is -6.44. The van der Waals surface area contributed by atoms with E-state index in [4.69, 9.17) is 0 Å². The second kappa shape index (κ2) is 11.5. The van der Waals surface area contributed by atoms with Gasteiger partial charge in [-0.25, -0.2) is 0 Å². The van der Waals surface area contributed by atoms with E-state index in [1.165, 1.54) is 93.6 Å². The van der Waals surface area contributed by atoms with Gasteiger partial charge in [-0.15, -0.1) is 0 Å². The molecule has 0 atom stereocenters. The molecule has 2 aliphatic carbocycles. The highest BCUT2D eigenvalue weighted by atomic mass is 15.1. The highest BCUT2D eigenvalue weighted by molar-refractivity contribution is 6.20. The SMILES string of the molecule is CC1(C)c2ccccc2-c2cc(N(c3ccc(-c4ccc5c(ccc6ccc7ccccc7c65)c4)cc3)c3ccc4c(c3)C(C)(C)c3ccccc3-4)ccc21. The Bertz CT molecular complexity index is 3030. The van der Waals surface area contributed by atoms with E-state index >= 15 is 0 Å². The second-order valence-corrected chi connectivity index (χ2v) is 16.6. The number of hydrogen-bond acceptors (Lipinski definition) is 1. The van der Waals surface area contributed by atoms with Crippen LogP contribution >= 0.6 is 0 Å². The fraction of sp³-hybridized carbons (Fsp3) is 0.111. The van der Waals surface area contributed by atoms with Crippen molar-refractivity contribution < 1.29 is 0 Å². The minimum absolute atomic E-state index is 0.0421. The minimum atomic E-state index is -0.0912. The Balaban J connectivity index is 1.04. The minimum Gasteiger partial charge on any atom is -0.310 e. The van der Waals surface area contributed by atoms with Crippen LogP contribution in [0.15, 0.2) is 176 Å². The van der Waals surface area contributed by atoms with Gasteiger partial charge in [-0.2, -0.15) is 0 Å². The molecule has 0 saturated carbocycles. The first-order valence-corrected chi connectivity index (χ1v) is 19.5. The number of anilines is 3. The zero-order chi connectivity index (χ0) is 37.1. The summed E-state index contributed by atoms with van der Waals surface area (Å²) >= 11 is 0. The lowest BCUT2D eigenvalue weighted by Gasteiger charge is -2.29. The van der Waals surface area contributed by atoms with E-state index in [2.05, 4.69) is 209 Å². The molecule has 0 saturated heterocycles. The topological polar surface area (TPSA) is 3.24 Å². The van der Waals surface area contributed by atoms with Gasteiger partial charge in [-0.05, 0) is 130 Å². The molecule has 2 aliphatic rings. The van der Waals surface area contributed by atoms with Gasteiger partial charge in [0.05, 0.1) is 0 Å². The Labute approximate surface area is 323 Å². The summed E-state index contributed by atoms with van der Waals surface area (Å²) in [5.41, 5.74) is 16.7. The maximum Gasteiger partial charge on any atom is 0.0468 e. The van der Waals surface area contributed by atoms with Crippen LogP contribution in [0.1, 0.15) is 49.9 Å². The van der Waals surface area contributed by atoms with Crippen LogP contribution in [0, 0.1) is 0 Å². The van der Waals surface area contributed by atoms with Gasteiger partial charge in [0.1, 0.15) is 0 Å². The third kappa shape index (κ3) is 4.66. The Kier molecular flexibility index (Phi) is 6.72. The summed E-state index contributed by atoms with van der Waals surface area (Å²) in [5, 5.41) is 7.74. The van der Waals surface area contributed by atoms with Gasteiger partial charge in [0, 0.05) is 27.9 Å². The van der Waals surface area contributed by atoms with E-state index in [1.807, 2.05) is 0 Å². The number of fused-ring (bicyclic) bond motifs is 11. The third-order valence-electron chi connectivity index (χ3n) is 12.8. The first-order chi connectivity index (χ1) is 26.8. The van der Waals surface area contributed by atoms with Crippen LogP contribution in [0.3, 0.4) is 0 Å². The summed E-state index contributed by atoms with van der Waals surface area (Å²) in [6, 6.07) is 65.9. The number of nitrogens with zero attached hydrogens (tertiary/aromatic N) is 1. The molecule has 55 heavy (non-hydrogen) atoms. The van der Waals surface area contributed by atoms with Gasteiger partial charge in [0.2, 0.25) is 0 Å². The van der Waals surface area contributed by atoms with Gasteiger partial charge in [-0.3, -0.25) is 0 Å². The van der Waals surface area contributed by atoms with E-state index in [0.717, 1.165) is 11.4 Å². The third-order valence-corrected chi connectivity index (χ3v) is 12.8. The number of rotatable bonds is 4. The van der Waals surface area contributed by atoms with Gasteiger partial charge in [0.25, 0.3) is 0 Å². The van der Waals surface area contributed by atoms with Gasteiger partial charge in [-0.1, -0.05) is 161 Å². The number of hydrogen-bond donors (Lipinski definition) is 0. The molecular weight excluding hydrogens is 663 g/mol. The Morgan fingerprint density at radius 2 is 0.855 bits per heavy atom. The van der Waals surface area contributed by atoms with Crippen molar-refractivity contribution in [2.24, 2.45) is 0 Å². The second-order valence-electron chi connectivity index (χ2n) is 16.6. The molecule has 0 aromatic heterocycles. The molecule has 0 bridgehead atoms. The molecule has 1 heteroatoms. The fourth-order valence-electron chi connectivity index (χ4n) is 9.94. The first-order valence-electron chi connectivity index (χ1n) is 19.5. The number of benzene rings is 9. The molecule has 0 fully saturated rings. The van der Waals surface area contributed by atoms with Crippen molar-refractivity contribution in [3.05, 3.63) is 198 Å². The molecule has 0 unspecified atom stereocenters. The average molecular weight is 704 g/mol. The van der Waals surface area contributed by atoms with Gasteiger partial charge in [0.15, 0.2) is 0 Å². The molecule has 11 rings (SSSR count).